The fourth-order valence-electron chi connectivity index (χ4n) is 1.74. The maximum absolute atomic E-state index is 9.21. The summed E-state index contributed by atoms with van der Waals surface area (Å²) >= 11 is 0. The molecule has 82 valence electrons. The van der Waals surface area contributed by atoms with Gasteiger partial charge in [-0.2, -0.15) is 0 Å². The Hall–Kier alpha value is -1.68. The molecule has 0 aliphatic heterocycles. The third kappa shape index (κ3) is 1.61. The van der Waals surface area contributed by atoms with Crippen LogP contribution in [0.15, 0.2) is 30.5 Å². The average molecular weight is 215 g/mol. The summed E-state index contributed by atoms with van der Waals surface area (Å²) in [5, 5.41) is 13.4. The second kappa shape index (κ2) is 3.42. The van der Waals surface area contributed by atoms with Crippen molar-refractivity contribution in [1.29, 1.82) is 0 Å². The second-order valence-corrected chi connectivity index (χ2v) is 4.32. The van der Waals surface area contributed by atoms with Crippen LogP contribution in [0.25, 0.3) is 10.9 Å². The number of aliphatic hydroxyl groups is 1. The number of rotatable bonds is 3. The van der Waals surface area contributed by atoms with Gasteiger partial charge in [0.2, 0.25) is 5.95 Å². The molecule has 1 aromatic heterocycles. The summed E-state index contributed by atoms with van der Waals surface area (Å²) in [6.45, 7) is 0.142. The molecular weight excluding hydrogens is 202 g/mol. The molecule has 1 aromatic carbocycles. The quantitative estimate of drug-likeness (QED) is 0.816. The van der Waals surface area contributed by atoms with Crippen LogP contribution in [-0.2, 0) is 0 Å². The number of nitrogens with zero attached hydrogens (tertiary/aromatic N) is 2. The van der Waals surface area contributed by atoms with Gasteiger partial charge in [0.1, 0.15) is 0 Å². The second-order valence-electron chi connectivity index (χ2n) is 4.32. The summed E-state index contributed by atoms with van der Waals surface area (Å²) in [6, 6.07) is 7.87. The van der Waals surface area contributed by atoms with Crippen LogP contribution in [0.5, 0.6) is 0 Å². The van der Waals surface area contributed by atoms with Crippen LogP contribution >= 0.6 is 0 Å². The van der Waals surface area contributed by atoms with Crippen molar-refractivity contribution in [1.82, 2.24) is 9.97 Å². The lowest BCUT2D eigenvalue weighted by atomic mass is 10.2. The van der Waals surface area contributed by atoms with E-state index in [9.17, 15) is 5.11 Å². The highest BCUT2D eigenvalue weighted by Crippen LogP contribution is 2.37. The van der Waals surface area contributed by atoms with Crippen molar-refractivity contribution in [3.63, 3.8) is 0 Å². The Morgan fingerprint density at radius 2 is 2.12 bits per heavy atom. The third-order valence-corrected chi connectivity index (χ3v) is 3.02. The number of benzene rings is 1. The molecule has 1 aliphatic rings. The van der Waals surface area contributed by atoms with E-state index in [-0.39, 0.29) is 12.1 Å². The molecule has 0 spiro atoms. The molecule has 3 rings (SSSR count). The van der Waals surface area contributed by atoms with Gasteiger partial charge < -0.3 is 10.4 Å². The summed E-state index contributed by atoms with van der Waals surface area (Å²) in [4.78, 5) is 8.66. The number of hydrogen-bond acceptors (Lipinski definition) is 4. The van der Waals surface area contributed by atoms with E-state index in [1.807, 2.05) is 24.3 Å². The molecular formula is C12H13N3O. The molecule has 2 N–H and O–H groups in total. The van der Waals surface area contributed by atoms with E-state index in [4.69, 9.17) is 0 Å². The fraction of sp³-hybridized carbons (Fsp3) is 0.333. The number of aliphatic hydroxyl groups excluding tert-OH is 1. The summed E-state index contributed by atoms with van der Waals surface area (Å²) in [5.74, 6) is 0.602. The van der Waals surface area contributed by atoms with Gasteiger partial charge in [-0.1, -0.05) is 18.2 Å². The summed E-state index contributed by atoms with van der Waals surface area (Å²) in [5.41, 5.74) is 0.761. The first-order chi connectivity index (χ1) is 7.81. The van der Waals surface area contributed by atoms with Crippen molar-refractivity contribution in [2.24, 2.45) is 0 Å². The minimum absolute atomic E-state index is 0.142. The van der Waals surface area contributed by atoms with Crippen LogP contribution in [0.2, 0.25) is 0 Å². The smallest absolute Gasteiger partial charge is 0.223 e. The van der Waals surface area contributed by atoms with Crippen molar-refractivity contribution in [3.8, 4) is 0 Å². The molecule has 0 unspecified atom stereocenters. The summed E-state index contributed by atoms with van der Waals surface area (Å²) in [6.07, 6.45) is 3.78. The van der Waals surface area contributed by atoms with E-state index in [0.29, 0.717) is 5.95 Å². The molecule has 0 atom stereocenters. The Balaban J connectivity index is 1.93. The molecule has 4 heteroatoms. The number of nitrogens with one attached hydrogen (secondary N) is 1. The standard InChI is InChI=1S/C12H13N3O/c16-8-12(5-6-12)15-11-13-7-9-3-1-2-4-10(9)14-11/h1-4,7,16H,5-6,8H2,(H,13,14,15). The zero-order valence-electron chi connectivity index (χ0n) is 8.85. The Bertz CT molecular complexity index is 522. The maximum Gasteiger partial charge on any atom is 0.223 e. The number of anilines is 1. The topological polar surface area (TPSA) is 58.0 Å². The van der Waals surface area contributed by atoms with Crippen LogP contribution in [0.3, 0.4) is 0 Å². The van der Waals surface area contributed by atoms with Gasteiger partial charge in [0, 0.05) is 11.6 Å². The van der Waals surface area contributed by atoms with Gasteiger partial charge in [-0.3, -0.25) is 0 Å². The monoisotopic (exact) mass is 215 g/mol. The maximum atomic E-state index is 9.21. The van der Waals surface area contributed by atoms with E-state index >= 15 is 0 Å². The average Bonchev–Trinajstić information content (AvgIpc) is 3.09. The molecule has 0 radical (unpaired) electrons. The highest BCUT2D eigenvalue weighted by Gasteiger charge is 2.42. The van der Waals surface area contributed by atoms with Crippen LogP contribution in [0.1, 0.15) is 12.8 Å². The van der Waals surface area contributed by atoms with Gasteiger partial charge in [0.15, 0.2) is 0 Å². The van der Waals surface area contributed by atoms with Crippen molar-refractivity contribution in [3.05, 3.63) is 30.5 Å². The van der Waals surface area contributed by atoms with Crippen molar-refractivity contribution in [2.45, 2.75) is 18.4 Å². The first-order valence-corrected chi connectivity index (χ1v) is 5.42. The Morgan fingerprint density at radius 1 is 1.31 bits per heavy atom. The highest BCUT2D eigenvalue weighted by molar-refractivity contribution is 5.78. The molecule has 2 aromatic rings. The van der Waals surface area contributed by atoms with E-state index in [0.717, 1.165) is 23.7 Å². The van der Waals surface area contributed by atoms with Gasteiger partial charge in [0.25, 0.3) is 0 Å². The SMILES string of the molecule is OCC1(Nc2ncc3ccccc3n2)CC1. The van der Waals surface area contributed by atoms with Crippen LogP contribution in [-0.4, -0.2) is 27.2 Å². The fourth-order valence-corrected chi connectivity index (χ4v) is 1.74. The predicted octanol–water partition coefficient (Wildman–Crippen LogP) is 1.57. The third-order valence-electron chi connectivity index (χ3n) is 3.02. The molecule has 4 nitrogen and oxygen atoms in total. The Labute approximate surface area is 93.4 Å². The van der Waals surface area contributed by atoms with Gasteiger partial charge in [-0.15, -0.1) is 0 Å². The van der Waals surface area contributed by atoms with E-state index < -0.39 is 0 Å². The zero-order chi connectivity index (χ0) is 11.0. The normalized spacial score (nSPS) is 17.3. The van der Waals surface area contributed by atoms with Gasteiger partial charge in [-0.25, -0.2) is 9.97 Å². The summed E-state index contributed by atoms with van der Waals surface area (Å²) < 4.78 is 0. The predicted molar refractivity (Wildman–Crippen MR) is 62.2 cm³/mol. The van der Waals surface area contributed by atoms with Crippen molar-refractivity contribution >= 4 is 16.9 Å². The van der Waals surface area contributed by atoms with E-state index in [1.54, 1.807) is 6.20 Å². The van der Waals surface area contributed by atoms with Crippen LogP contribution < -0.4 is 5.32 Å². The van der Waals surface area contributed by atoms with Crippen molar-refractivity contribution in [2.75, 3.05) is 11.9 Å². The van der Waals surface area contributed by atoms with E-state index in [1.165, 1.54) is 0 Å². The lowest BCUT2D eigenvalue weighted by Crippen LogP contribution is -2.26. The number of para-hydroxylation sites is 1. The van der Waals surface area contributed by atoms with Crippen LogP contribution in [0, 0.1) is 0 Å². The first-order valence-electron chi connectivity index (χ1n) is 5.42. The molecule has 1 aliphatic carbocycles. The summed E-state index contributed by atoms with van der Waals surface area (Å²) in [7, 11) is 0. The van der Waals surface area contributed by atoms with Crippen molar-refractivity contribution < 1.29 is 5.11 Å². The number of aromatic nitrogens is 2. The molecule has 0 saturated heterocycles. The molecule has 1 heterocycles. The van der Waals surface area contributed by atoms with Gasteiger partial charge in [0.05, 0.1) is 17.7 Å². The van der Waals surface area contributed by atoms with E-state index in [2.05, 4.69) is 15.3 Å². The zero-order valence-corrected chi connectivity index (χ0v) is 8.85. The minimum atomic E-state index is -0.164. The van der Waals surface area contributed by atoms with Gasteiger partial charge >= 0.3 is 0 Å². The lowest BCUT2D eigenvalue weighted by molar-refractivity contribution is 0.265. The minimum Gasteiger partial charge on any atom is -0.394 e. The van der Waals surface area contributed by atoms with Gasteiger partial charge in [-0.05, 0) is 18.9 Å². The largest absolute Gasteiger partial charge is 0.394 e. The first kappa shape index (κ1) is 9.54. The molecule has 16 heavy (non-hydrogen) atoms. The molecule has 0 amide bonds. The molecule has 1 fully saturated rings. The number of fused-ring (bicyclic) bond motifs is 1. The Morgan fingerprint density at radius 3 is 2.88 bits per heavy atom. The van der Waals surface area contributed by atoms with Crippen LogP contribution in [0.4, 0.5) is 5.95 Å². The number of hydrogen-bond donors (Lipinski definition) is 2. The molecule has 0 bridgehead atoms. The lowest BCUT2D eigenvalue weighted by Gasteiger charge is -2.13. The molecule has 1 saturated carbocycles. The highest BCUT2D eigenvalue weighted by atomic mass is 16.3. The Kier molecular flexibility index (Phi) is 2.04.